The fourth-order valence-electron chi connectivity index (χ4n) is 3.67. The lowest BCUT2D eigenvalue weighted by molar-refractivity contribution is -0.129. The molecule has 1 heterocycles. The molecule has 0 aromatic heterocycles. The first-order chi connectivity index (χ1) is 13.7. The number of carbonyl (C=O) groups is 1. The van der Waals surface area contributed by atoms with Crippen molar-refractivity contribution in [3.05, 3.63) is 66.7 Å². The molecule has 28 heavy (non-hydrogen) atoms. The summed E-state index contributed by atoms with van der Waals surface area (Å²) in [4.78, 5) is 16.9. The lowest BCUT2D eigenvalue weighted by Gasteiger charge is -2.36. The number of hydrogen-bond acceptors (Lipinski definition) is 4. The zero-order chi connectivity index (χ0) is 19.3. The Balaban J connectivity index is 1.32. The predicted octanol–water partition coefficient (Wildman–Crippen LogP) is 3.61. The Morgan fingerprint density at radius 1 is 0.929 bits per heavy atom. The third kappa shape index (κ3) is 3.88. The first-order valence-electron chi connectivity index (χ1n) is 9.63. The molecule has 1 aliphatic rings. The molecule has 5 heteroatoms. The summed E-state index contributed by atoms with van der Waals surface area (Å²) in [6.45, 7) is 3.47. The van der Waals surface area contributed by atoms with E-state index in [0.29, 0.717) is 6.54 Å². The van der Waals surface area contributed by atoms with Gasteiger partial charge in [-0.05, 0) is 35.7 Å². The highest BCUT2D eigenvalue weighted by molar-refractivity contribution is 5.95. The summed E-state index contributed by atoms with van der Waals surface area (Å²) in [5.41, 5.74) is 2.17. The lowest BCUT2D eigenvalue weighted by Crippen LogP contribution is -2.50. The van der Waals surface area contributed by atoms with E-state index in [1.54, 1.807) is 7.11 Å². The number of nitrogens with one attached hydrogen (secondary N) is 1. The van der Waals surface area contributed by atoms with E-state index in [0.717, 1.165) is 43.0 Å². The number of benzene rings is 3. The van der Waals surface area contributed by atoms with Gasteiger partial charge in [0, 0.05) is 42.9 Å². The Kier molecular flexibility index (Phi) is 5.33. The molecule has 0 aliphatic carbocycles. The highest BCUT2D eigenvalue weighted by Gasteiger charge is 2.21. The number of piperazine rings is 1. The number of hydrogen-bond donors (Lipinski definition) is 1. The summed E-state index contributed by atoms with van der Waals surface area (Å²) < 4.78 is 5.22. The molecule has 1 fully saturated rings. The van der Waals surface area contributed by atoms with Crippen LogP contribution in [-0.2, 0) is 4.79 Å². The fraction of sp³-hybridized carbons (Fsp3) is 0.261. The number of nitrogens with zero attached hydrogens (tertiary/aromatic N) is 2. The van der Waals surface area contributed by atoms with Crippen molar-refractivity contribution < 1.29 is 9.53 Å². The number of methoxy groups -OCH3 is 1. The molecule has 144 valence electrons. The molecule has 1 aliphatic heterocycles. The summed E-state index contributed by atoms with van der Waals surface area (Å²) >= 11 is 0. The molecule has 0 unspecified atom stereocenters. The van der Waals surface area contributed by atoms with Crippen LogP contribution in [0.3, 0.4) is 0 Å². The summed E-state index contributed by atoms with van der Waals surface area (Å²) in [5.74, 6) is 0.999. The Hall–Kier alpha value is -3.21. The maximum absolute atomic E-state index is 12.7. The highest BCUT2D eigenvalue weighted by Crippen LogP contribution is 2.23. The van der Waals surface area contributed by atoms with Crippen molar-refractivity contribution in [2.45, 2.75) is 0 Å². The molecular weight excluding hydrogens is 350 g/mol. The quantitative estimate of drug-likeness (QED) is 0.740. The standard InChI is InChI=1S/C23H25N3O2/c1-28-20-11-9-19(10-12-20)25-13-15-26(16-14-25)23(27)17-24-22-8-4-6-18-5-2-3-7-21(18)22/h2-12,24H,13-17H2,1H3. The van der Waals surface area contributed by atoms with Crippen LogP contribution < -0.4 is 15.0 Å². The first-order valence-corrected chi connectivity index (χ1v) is 9.63. The average Bonchev–Trinajstić information content (AvgIpc) is 2.77. The molecule has 4 rings (SSSR count). The third-order valence-corrected chi connectivity index (χ3v) is 5.29. The number of ether oxygens (including phenoxy) is 1. The van der Waals surface area contributed by atoms with Crippen LogP contribution in [0.5, 0.6) is 5.75 Å². The van der Waals surface area contributed by atoms with E-state index in [2.05, 4.69) is 40.5 Å². The van der Waals surface area contributed by atoms with Gasteiger partial charge in [0.25, 0.3) is 0 Å². The van der Waals surface area contributed by atoms with E-state index in [1.807, 2.05) is 41.3 Å². The summed E-state index contributed by atoms with van der Waals surface area (Å²) in [5, 5.41) is 5.64. The molecule has 0 atom stereocenters. The summed E-state index contributed by atoms with van der Waals surface area (Å²) in [6, 6.07) is 22.4. The Labute approximate surface area is 165 Å². The van der Waals surface area contributed by atoms with Crippen molar-refractivity contribution >= 4 is 28.1 Å². The van der Waals surface area contributed by atoms with Gasteiger partial charge in [-0.1, -0.05) is 36.4 Å². The van der Waals surface area contributed by atoms with Crippen molar-refractivity contribution in [3.63, 3.8) is 0 Å². The van der Waals surface area contributed by atoms with E-state index in [4.69, 9.17) is 4.74 Å². The molecule has 1 N–H and O–H groups in total. The maximum Gasteiger partial charge on any atom is 0.241 e. The van der Waals surface area contributed by atoms with Gasteiger partial charge in [0.2, 0.25) is 5.91 Å². The normalized spacial score (nSPS) is 14.2. The van der Waals surface area contributed by atoms with E-state index < -0.39 is 0 Å². The van der Waals surface area contributed by atoms with Crippen LogP contribution in [0.15, 0.2) is 66.7 Å². The van der Waals surface area contributed by atoms with Crippen molar-refractivity contribution in [1.29, 1.82) is 0 Å². The Bertz CT molecular complexity index is 942. The van der Waals surface area contributed by atoms with Crippen LogP contribution >= 0.6 is 0 Å². The molecule has 0 bridgehead atoms. The van der Waals surface area contributed by atoms with Gasteiger partial charge in [-0.3, -0.25) is 4.79 Å². The molecule has 0 spiro atoms. The molecule has 0 radical (unpaired) electrons. The van der Waals surface area contributed by atoms with Gasteiger partial charge in [0.15, 0.2) is 0 Å². The SMILES string of the molecule is COc1ccc(N2CCN(C(=O)CNc3cccc4ccccc34)CC2)cc1. The van der Waals surface area contributed by atoms with Crippen LogP contribution in [0.4, 0.5) is 11.4 Å². The number of rotatable bonds is 5. The van der Waals surface area contributed by atoms with Gasteiger partial charge >= 0.3 is 0 Å². The van der Waals surface area contributed by atoms with Crippen molar-refractivity contribution in [1.82, 2.24) is 4.90 Å². The van der Waals surface area contributed by atoms with Gasteiger partial charge in [-0.25, -0.2) is 0 Å². The van der Waals surface area contributed by atoms with Gasteiger partial charge in [0.05, 0.1) is 13.7 Å². The lowest BCUT2D eigenvalue weighted by atomic mass is 10.1. The zero-order valence-corrected chi connectivity index (χ0v) is 16.1. The molecule has 1 amide bonds. The topological polar surface area (TPSA) is 44.8 Å². The number of carbonyl (C=O) groups excluding carboxylic acids is 1. The monoisotopic (exact) mass is 375 g/mol. The summed E-state index contributed by atoms with van der Waals surface area (Å²) in [6.07, 6.45) is 0. The van der Waals surface area contributed by atoms with Crippen LogP contribution in [0, 0.1) is 0 Å². The van der Waals surface area contributed by atoms with E-state index in [1.165, 1.54) is 11.1 Å². The minimum atomic E-state index is 0.141. The number of amides is 1. The molecule has 0 saturated carbocycles. The Morgan fingerprint density at radius 3 is 2.39 bits per heavy atom. The highest BCUT2D eigenvalue weighted by atomic mass is 16.5. The van der Waals surface area contributed by atoms with Crippen LogP contribution in [0.2, 0.25) is 0 Å². The van der Waals surface area contributed by atoms with E-state index in [9.17, 15) is 4.79 Å². The van der Waals surface area contributed by atoms with Gasteiger partial charge in [-0.2, -0.15) is 0 Å². The number of fused-ring (bicyclic) bond motifs is 1. The van der Waals surface area contributed by atoms with E-state index in [-0.39, 0.29) is 5.91 Å². The van der Waals surface area contributed by atoms with Crippen LogP contribution in [0.25, 0.3) is 10.8 Å². The first kappa shape index (κ1) is 18.2. The van der Waals surface area contributed by atoms with Crippen LogP contribution in [0.1, 0.15) is 0 Å². The number of anilines is 2. The molecule has 3 aromatic rings. The zero-order valence-electron chi connectivity index (χ0n) is 16.1. The van der Waals surface area contributed by atoms with Gasteiger partial charge < -0.3 is 19.9 Å². The minimum absolute atomic E-state index is 0.141. The molecule has 5 nitrogen and oxygen atoms in total. The average molecular weight is 375 g/mol. The Morgan fingerprint density at radius 2 is 1.64 bits per heavy atom. The molecular formula is C23H25N3O2. The molecule has 3 aromatic carbocycles. The second-order valence-corrected chi connectivity index (χ2v) is 6.95. The van der Waals surface area contributed by atoms with Crippen molar-refractivity contribution in [3.8, 4) is 5.75 Å². The second-order valence-electron chi connectivity index (χ2n) is 6.95. The second kappa shape index (κ2) is 8.21. The minimum Gasteiger partial charge on any atom is -0.497 e. The molecule has 1 saturated heterocycles. The van der Waals surface area contributed by atoms with Crippen molar-refractivity contribution in [2.24, 2.45) is 0 Å². The smallest absolute Gasteiger partial charge is 0.241 e. The van der Waals surface area contributed by atoms with Gasteiger partial charge in [0.1, 0.15) is 5.75 Å². The maximum atomic E-state index is 12.7. The van der Waals surface area contributed by atoms with Crippen LogP contribution in [-0.4, -0.2) is 50.6 Å². The predicted molar refractivity (Wildman–Crippen MR) is 114 cm³/mol. The summed E-state index contributed by atoms with van der Waals surface area (Å²) in [7, 11) is 1.67. The third-order valence-electron chi connectivity index (χ3n) is 5.29. The van der Waals surface area contributed by atoms with Crippen molar-refractivity contribution in [2.75, 3.05) is 50.1 Å². The largest absolute Gasteiger partial charge is 0.497 e. The fourth-order valence-corrected chi connectivity index (χ4v) is 3.67. The van der Waals surface area contributed by atoms with E-state index >= 15 is 0 Å². The van der Waals surface area contributed by atoms with Gasteiger partial charge in [-0.15, -0.1) is 0 Å².